The van der Waals surface area contributed by atoms with Crippen LogP contribution in [0.5, 0.6) is 0 Å². The van der Waals surface area contributed by atoms with Crippen molar-refractivity contribution in [3.05, 3.63) is 41.6 Å². The maximum atomic E-state index is 11.7. The average Bonchev–Trinajstić information content (AvgIpc) is 2.39. The van der Waals surface area contributed by atoms with Gasteiger partial charge in [-0.15, -0.1) is 0 Å². The molecule has 0 heterocycles. The van der Waals surface area contributed by atoms with Crippen LogP contribution in [0, 0.1) is 11.3 Å². The van der Waals surface area contributed by atoms with Crippen molar-refractivity contribution in [1.29, 1.82) is 5.26 Å². The van der Waals surface area contributed by atoms with Crippen LogP contribution in [-0.2, 0) is 11.2 Å². The van der Waals surface area contributed by atoms with Crippen molar-refractivity contribution in [3.63, 3.8) is 0 Å². The van der Waals surface area contributed by atoms with Gasteiger partial charge in [-0.05, 0) is 38.0 Å². The minimum atomic E-state index is -0.366. The molecule has 0 radical (unpaired) electrons. The molecule has 0 bridgehead atoms. The van der Waals surface area contributed by atoms with Crippen molar-refractivity contribution in [1.82, 2.24) is 5.32 Å². The van der Waals surface area contributed by atoms with Gasteiger partial charge in [-0.1, -0.05) is 19.1 Å². The first-order valence-electron chi connectivity index (χ1n) is 6.33. The summed E-state index contributed by atoms with van der Waals surface area (Å²) in [7, 11) is 0. The molecular formula is C15H19N3O. The van der Waals surface area contributed by atoms with E-state index in [4.69, 9.17) is 5.26 Å². The number of benzene rings is 1. The maximum absolute atomic E-state index is 11.7. The number of rotatable bonds is 5. The van der Waals surface area contributed by atoms with Crippen molar-refractivity contribution in [2.75, 3.05) is 5.32 Å². The Balaban J connectivity index is 2.71. The second kappa shape index (κ2) is 7.22. The van der Waals surface area contributed by atoms with Crippen LogP contribution in [0.25, 0.3) is 0 Å². The van der Waals surface area contributed by atoms with Crippen LogP contribution >= 0.6 is 0 Å². The SMILES string of the molecule is CCc1ccc(N/C=C(/C#N)C(=O)NC(C)C)cc1. The fourth-order valence-electron chi connectivity index (χ4n) is 1.48. The van der Waals surface area contributed by atoms with Crippen molar-refractivity contribution >= 4 is 11.6 Å². The highest BCUT2D eigenvalue weighted by Crippen LogP contribution is 2.10. The summed E-state index contributed by atoms with van der Waals surface area (Å²) in [5.74, 6) is -0.366. The number of carbonyl (C=O) groups excluding carboxylic acids is 1. The third-order valence-electron chi connectivity index (χ3n) is 2.53. The molecule has 1 aromatic rings. The number of hydrogen-bond acceptors (Lipinski definition) is 3. The van der Waals surface area contributed by atoms with Gasteiger partial charge in [0.15, 0.2) is 0 Å². The summed E-state index contributed by atoms with van der Waals surface area (Å²) < 4.78 is 0. The summed E-state index contributed by atoms with van der Waals surface area (Å²) in [6.07, 6.45) is 2.41. The predicted octanol–water partition coefficient (Wildman–Crippen LogP) is 2.59. The van der Waals surface area contributed by atoms with Crippen molar-refractivity contribution < 1.29 is 4.79 Å². The summed E-state index contributed by atoms with van der Waals surface area (Å²) in [6, 6.07) is 9.76. The van der Waals surface area contributed by atoms with Gasteiger partial charge in [-0.25, -0.2) is 0 Å². The molecule has 4 nitrogen and oxygen atoms in total. The van der Waals surface area contributed by atoms with Crippen LogP contribution in [0.3, 0.4) is 0 Å². The van der Waals surface area contributed by atoms with E-state index in [1.54, 1.807) is 0 Å². The van der Waals surface area contributed by atoms with Crippen LogP contribution in [0.4, 0.5) is 5.69 Å². The van der Waals surface area contributed by atoms with Gasteiger partial charge in [0.05, 0.1) is 0 Å². The Hall–Kier alpha value is -2.28. The molecule has 1 amide bonds. The van der Waals surface area contributed by atoms with Gasteiger partial charge in [0.25, 0.3) is 5.91 Å². The summed E-state index contributed by atoms with van der Waals surface area (Å²) in [4.78, 5) is 11.7. The highest BCUT2D eigenvalue weighted by molar-refractivity contribution is 5.97. The summed E-state index contributed by atoms with van der Waals surface area (Å²) >= 11 is 0. The van der Waals surface area contributed by atoms with E-state index in [9.17, 15) is 4.79 Å². The molecule has 1 aromatic carbocycles. The van der Waals surface area contributed by atoms with Crippen LogP contribution < -0.4 is 10.6 Å². The number of nitrogens with one attached hydrogen (secondary N) is 2. The van der Waals surface area contributed by atoms with Crippen LogP contribution in [0.15, 0.2) is 36.0 Å². The molecule has 4 heteroatoms. The first kappa shape index (κ1) is 14.8. The molecule has 0 aromatic heterocycles. The van der Waals surface area contributed by atoms with E-state index in [0.717, 1.165) is 12.1 Å². The number of nitriles is 1. The van der Waals surface area contributed by atoms with E-state index in [2.05, 4.69) is 17.6 Å². The molecule has 0 unspecified atom stereocenters. The Morgan fingerprint density at radius 2 is 2.00 bits per heavy atom. The van der Waals surface area contributed by atoms with Gasteiger partial charge in [-0.2, -0.15) is 5.26 Å². The Labute approximate surface area is 114 Å². The second-order valence-corrected chi connectivity index (χ2v) is 4.49. The van der Waals surface area contributed by atoms with Crippen LogP contribution in [0.1, 0.15) is 26.3 Å². The predicted molar refractivity (Wildman–Crippen MR) is 76.4 cm³/mol. The molecular weight excluding hydrogens is 238 g/mol. The number of anilines is 1. The smallest absolute Gasteiger partial charge is 0.263 e. The quantitative estimate of drug-likeness (QED) is 0.629. The van der Waals surface area contributed by atoms with Crippen LogP contribution in [0.2, 0.25) is 0 Å². The second-order valence-electron chi connectivity index (χ2n) is 4.49. The van der Waals surface area contributed by atoms with Crippen molar-refractivity contribution in [2.45, 2.75) is 33.2 Å². The zero-order valence-electron chi connectivity index (χ0n) is 11.5. The molecule has 0 aliphatic heterocycles. The van der Waals surface area contributed by atoms with Gasteiger partial charge >= 0.3 is 0 Å². The van der Waals surface area contributed by atoms with E-state index >= 15 is 0 Å². The average molecular weight is 257 g/mol. The van der Waals surface area contributed by atoms with Crippen molar-refractivity contribution in [2.24, 2.45) is 0 Å². The lowest BCUT2D eigenvalue weighted by Crippen LogP contribution is -2.31. The van der Waals surface area contributed by atoms with Crippen molar-refractivity contribution in [3.8, 4) is 6.07 Å². The fraction of sp³-hybridized carbons (Fsp3) is 0.333. The molecule has 0 atom stereocenters. The lowest BCUT2D eigenvalue weighted by molar-refractivity contribution is -0.117. The topological polar surface area (TPSA) is 64.9 Å². The third-order valence-corrected chi connectivity index (χ3v) is 2.53. The summed E-state index contributed by atoms with van der Waals surface area (Å²) in [5.41, 5.74) is 2.16. The summed E-state index contributed by atoms with van der Waals surface area (Å²) in [6.45, 7) is 5.79. The van der Waals surface area contributed by atoms with Crippen LogP contribution in [-0.4, -0.2) is 11.9 Å². The lowest BCUT2D eigenvalue weighted by atomic mass is 10.1. The number of aryl methyl sites for hydroxylation is 1. The molecule has 0 saturated heterocycles. The largest absolute Gasteiger partial charge is 0.360 e. The normalized spacial score (nSPS) is 11.0. The molecule has 0 aliphatic carbocycles. The van der Waals surface area contributed by atoms with Gasteiger partial charge in [0.1, 0.15) is 11.6 Å². The molecule has 0 saturated carbocycles. The monoisotopic (exact) mass is 257 g/mol. The molecule has 1 rings (SSSR count). The van der Waals surface area contributed by atoms with Gasteiger partial charge in [-0.3, -0.25) is 4.79 Å². The van der Waals surface area contributed by atoms with Gasteiger partial charge in [0.2, 0.25) is 0 Å². The molecule has 0 fully saturated rings. The Morgan fingerprint density at radius 1 is 1.37 bits per heavy atom. The zero-order chi connectivity index (χ0) is 14.3. The van der Waals surface area contributed by atoms with Gasteiger partial charge < -0.3 is 10.6 Å². The zero-order valence-corrected chi connectivity index (χ0v) is 11.5. The molecule has 0 spiro atoms. The molecule has 100 valence electrons. The lowest BCUT2D eigenvalue weighted by Gasteiger charge is -2.07. The molecule has 19 heavy (non-hydrogen) atoms. The summed E-state index contributed by atoms with van der Waals surface area (Å²) in [5, 5.41) is 14.6. The standard InChI is InChI=1S/C15H19N3O/c1-4-12-5-7-14(8-6-12)17-10-13(9-16)15(19)18-11(2)3/h5-8,10-11,17H,4H2,1-3H3,(H,18,19)/b13-10-. The first-order valence-corrected chi connectivity index (χ1v) is 6.33. The molecule has 2 N–H and O–H groups in total. The van der Waals surface area contributed by atoms with Gasteiger partial charge in [0, 0.05) is 17.9 Å². The highest BCUT2D eigenvalue weighted by atomic mass is 16.1. The van der Waals surface area contributed by atoms with E-state index in [-0.39, 0.29) is 17.5 Å². The highest BCUT2D eigenvalue weighted by Gasteiger charge is 2.09. The Bertz CT molecular complexity index is 495. The number of amides is 1. The Kier molecular flexibility index (Phi) is 5.62. The first-order chi connectivity index (χ1) is 9.06. The number of nitrogens with zero attached hydrogens (tertiary/aromatic N) is 1. The van der Waals surface area contributed by atoms with E-state index in [1.165, 1.54) is 11.8 Å². The van der Waals surface area contributed by atoms with E-state index < -0.39 is 0 Å². The van der Waals surface area contributed by atoms with E-state index in [0.29, 0.717) is 0 Å². The minimum absolute atomic E-state index is 0.00749. The number of hydrogen-bond donors (Lipinski definition) is 2. The molecule has 0 aliphatic rings. The third kappa shape index (κ3) is 4.84. The number of carbonyl (C=O) groups is 1. The van der Waals surface area contributed by atoms with E-state index in [1.807, 2.05) is 44.2 Å². The minimum Gasteiger partial charge on any atom is -0.360 e. The maximum Gasteiger partial charge on any atom is 0.263 e. The fourth-order valence-corrected chi connectivity index (χ4v) is 1.48. The Morgan fingerprint density at radius 3 is 2.47 bits per heavy atom.